The number of nitrogens with two attached hydrogens (primary N) is 2. The maximum Gasteiger partial charge on any atom is 0.248 e. The summed E-state index contributed by atoms with van der Waals surface area (Å²) in [6, 6.07) is 7.78. The number of carbonyl (C=O) groups is 1. The van der Waals surface area contributed by atoms with Crippen LogP contribution in [-0.2, 0) is 0 Å². The smallest absolute Gasteiger partial charge is 0.248 e. The third-order valence-electron chi connectivity index (χ3n) is 2.03. The van der Waals surface area contributed by atoms with E-state index >= 15 is 0 Å². The van der Waals surface area contributed by atoms with E-state index < -0.39 is 5.91 Å². The molecular weight excluding hydrogens is 256 g/mol. The van der Waals surface area contributed by atoms with Crippen LogP contribution in [0.1, 0.15) is 10.4 Å². The van der Waals surface area contributed by atoms with Crippen LogP contribution in [0.2, 0.25) is 5.15 Å². The summed E-state index contributed by atoms with van der Waals surface area (Å²) in [6.45, 7) is 0. The van der Waals surface area contributed by atoms with Crippen molar-refractivity contribution in [3.63, 3.8) is 0 Å². The van der Waals surface area contributed by atoms with E-state index in [0.717, 1.165) is 0 Å². The highest BCUT2D eigenvalue weighted by Gasteiger charge is 2.06. The summed E-state index contributed by atoms with van der Waals surface area (Å²) >= 11 is 5.71. The molecule has 0 spiro atoms. The molecule has 0 aliphatic rings. The summed E-state index contributed by atoms with van der Waals surface area (Å²) in [5.74, 6) is 0.0545. The number of anilines is 1. The van der Waals surface area contributed by atoms with Crippen LogP contribution in [0, 0.1) is 0 Å². The van der Waals surface area contributed by atoms with E-state index in [9.17, 15) is 4.79 Å². The molecule has 6 nitrogen and oxygen atoms in total. The van der Waals surface area contributed by atoms with Crippen molar-refractivity contribution in [1.82, 2.24) is 9.97 Å². The lowest BCUT2D eigenvalue weighted by atomic mass is 10.2. The molecular formula is C11H9ClN4O2. The molecule has 0 unspecified atom stereocenters. The molecule has 0 aliphatic carbocycles. The molecule has 0 saturated carbocycles. The molecule has 1 heterocycles. The van der Waals surface area contributed by atoms with E-state index in [0.29, 0.717) is 11.3 Å². The Balaban J connectivity index is 2.28. The van der Waals surface area contributed by atoms with E-state index in [2.05, 4.69) is 9.97 Å². The van der Waals surface area contributed by atoms with Gasteiger partial charge in [0.1, 0.15) is 10.9 Å². The van der Waals surface area contributed by atoms with E-state index in [1.165, 1.54) is 12.1 Å². The van der Waals surface area contributed by atoms with E-state index in [-0.39, 0.29) is 17.0 Å². The second kappa shape index (κ2) is 4.89. The van der Waals surface area contributed by atoms with Gasteiger partial charge in [-0.15, -0.1) is 0 Å². The molecule has 1 aromatic carbocycles. The normalized spacial score (nSPS) is 10.1. The first-order chi connectivity index (χ1) is 8.54. The number of aromatic nitrogens is 2. The fourth-order valence-corrected chi connectivity index (χ4v) is 1.48. The van der Waals surface area contributed by atoms with Gasteiger partial charge in [0.25, 0.3) is 0 Å². The minimum absolute atomic E-state index is 0.00329. The predicted molar refractivity (Wildman–Crippen MR) is 66.5 cm³/mol. The number of amides is 1. The molecule has 92 valence electrons. The molecule has 18 heavy (non-hydrogen) atoms. The molecule has 7 heteroatoms. The number of benzene rings is 1. The highest BCUT2D eigenvalue weighted by atomic mass is 35.5. The molecule has 2 rings (SSSR count). The van der Waals surface area contributed by atoms with Gasteiger partial charge in [0, 0.05) is 11.6 Å². The molecule has 4 N–H and O–H groups in total. The topological polar surface area (TPSA) is 104 Å². The first-order valence-corrected chi connectivity index (χ1v) is 5.30. The van der Waals surface area contributed by atoms with Crippen molar-refractivity contribution >= 4 is 23.5 Å². The summed E-state index contributed by atoms with van der Waals surface area (Å²) in [6.07, 6.45) is 0. The lowest BCUT2D eigenvalue weighted by Gasteiger charge is -2.06. The van der Waals surface area contributed by atoms with Gasteiger partial charge >= 0.3 is 0 Å². The highest BCUT2D eigenvalue weighted by Crippen LogP contribution is 2.22. The van der Waals surface area contributed by atoms with Gasteiger partial charge in [0.05, 0.1) is 0 Å². The third kappa shape index (κ3) is 2.86. The van der Waals surface area contributed by atoms with E-state index in [1.54, 1.807) is 18.2 Å². The lowest BCUT2D eigenvalue weighted by molar-refractivity contribution is 0.1000. The zero-order valence-electron chi connectivity index (χ0n) is 9.13. The number of primary amides is 1. The van der Waals surface area contributed by atoms with Crippen molar-refractivity contribution < 1.29 is 9.53 Å². The third-order valence-corrected chi connectivity index (χ3v) is 2.22. The average molecular weight is 265 g/mol. The molecule has 2 aromatic rings. The monoisotopic (exact) mass is 264 g/mol. The van der Waals surface area contributed by atoms with Crippen molar-refractivity contribution in [2.45, 2.75) is 0 Å². The fraction of sp³-hybridized carbons (Fsp3) is 0. The summed E-state index contributed by atoms with van der Waals surface area (Å²) in [4.78, 5) is 18.6. The Kier molecular flexibility index (Phi) is 3.29. The van der Waals surface area contributed by atoms with Gasteiger partial charge in [0.15, 0.2) is 0 Å². The minimum Gasteiger partial charge on any atom is -0.439 e. The molecule has 0 atom stereocenters. The molecule has 0 saturated heterocycles. The van der Waals surface area contributed by atoms with Crippen LogP contribution in [0.4, 0.5) is 5.95 Å². The number of hydrogen-bond donors (Lipinski definition) is 2. The molecule has 0 aliphatic heterocycles. The quantitative estimate of drug-likeness (QED) is 0.820. The first-order valence-electron chi connectivity index (χ1n) is 4.92. The second-order valence-corrected chi connectivity index (χ2v) is 3.77. The van der Waals surface area contributed by atoms with Crippen molar-refractivity contribution in [1.29, 1.82) is 0 Å². The Labute approximate surface area is 108 Å². The van der Waals surface area contributed by atoms with E-state index in [4.69, 9.17) is 27.8 Å². The molecule has 1 aromatic heterocycles. The van der Waals surface area contributed by atoms with Gasteiger partial charge in [0.2, 0.25) is 17.7 Å². The Hall–Kier alpha value is -2.34. The molecule has 0 bridgehead atoms. The standard InChI is InChI=1S/C11H9ClN4O2/c12-8-5-9(16-11(14)15-8)18-7-3-1-2-6(4-7)10(13)17/h1-5H,(H2,13,17)(H2,14,15,16). The number of ether oxygens (including phenoxy) is 1. The van der Waals surface area contributed by atoms with Gasteiger partial charge in [-0.3, -0.25) is 4.79 Å². The molecule has 0 radical (unpaired) electrons. The van der Waals surface area contributed by atoms with Crippen LogP contribution in [0.25, 0.3) is 0 Å². The summed E-state index contributed by atoms with van der Waals surface area (Å²) in [5.41, 5.74) is 10.9. The summed E-state index contributed by atoms with van der Waals surface area (Å²) < 4.78 is 5.41. The molecule has 1 amide bonds. The lowest BCUT2D eigenvalue weighted by Crippen LogP contribution is -2.10. The zero-order valence-corrected chi connectivity index (χ0v) is 9.89. The summed E-state index contributed by atoms with van der Waals surface area (Å²) in [5, 5.41) is 0.170. The largest absolute Gasteiger partial charge is 0.439 e. The van der Waals surface area contributed by atoms with Crippen LogP contribution in [0.3, 0.4) is 0 Å². The molecule has 0 fully saturated rings. The van der Waals surface area contributed by atoms with E-state index in [1.807, 2.05) is 0 Å². The van der Waals surface area contributed by atoms with Gasteiger partial charge in [-0.1, -0.05) is 17.7 Å². The van der Waals surface area contributed by atoms with Gasteiger partial charge in [-0.05, 0) is 18.2 Å². The number of carbonyl (C=O) groups excluding carboxylic acids is 1. The van der Waals surface area contributed by atoms with Gasteiger partial charge in [-0.2, -0.15) is 4.98 Å². The summed E-state index contributed by atoms with van der Waals surface area (Å²) in [7, 11) is 0. The number of nitrogen functional groups attached to an aromatic ring is 1. The average Bonchev–Trinajstić information content (AvgIpc) is 2.27. The predicted octanol–water partition coefficient (Wildman–Crippen LogP) is 1.60. The van der Waals surface area contributed by atoms with Gasteiger partial charge < -0.3 is 16.2 Å². The van der Waals surface area contributed by atoms with Crippen molar-refractivity contribution in [3.8, 4) is 11.6 Å². The SMILES string of the molecule is NC(=O)c1cccc(Oc2cc(Cl)nc(N)n2)c1. The van der Waals surface area contributed by atoms with Crippen molar-refractivity contribution in [2.75, 3.05) is 5.73 Å². The number of hydrogen-bond acceptors (Lipinski definition) is 5. The number of rotatable bonds is 3. The Morgan fingerprint density at radius 3 is 2.72 bits per heavy atom. The van der Waals surface area contributed by atoms with Crippen molar-refractivity contribution in [2.24, 2.45) is 5.73 Å². The van der Waals surface area contributed by atoms with Crippen LogP contribution < -0.4 is 16.2 Å². The zero-order chi connectivity index (χ0) is 13.1. The fourth-order valence-electron chi connectivity index (χ4n) is 1.30. The Morgan fingerprint density at radius 2 is 2.06 bits per heavy atom. The van der Waals surface area contributed by atoms with Crippen LogP contribution in [0.5, 0.6) is 11.6 Å². The second-order valence-electron chi connectivity index (χ2n) is 3.38. The van der Waals surface area contributed by atoms with Crippen LogP contribution in [-0.4, -0.2) is 15.9 Å². The van der Waals surface area contributed by atoms with Crippen LogP contribution >= 0.6 is 11.6 Å². The first kappa shape index (κ1) is 12.1. The minimum atomic E-state index is -0.541. The Morgan fingerprint density at radius 1 is 1.28 bits per heavy atom. The maximum atomic E-state index is 11.0. The maximum absolute atomic E-state index is 11.0. The van der Waals surface area contributed by atoms with Crippen LogP contribution in [0.15, 0.2) is 30.3 Å². The highest BCUT2D eigenvalue weighted by molar-refractivity contribution is 6.29. The van der Waals surface area contributed by atoms with Crippen molar-refractivity contribution in [3.05, 3.63) is 41.0 Å². The number of nitrogens with zero attached hydrogens (tertiary/aromatic N) is 2. The number of halogens is 1. The van der Waals surface area contributed by atoms with Gasteiger partial charge in [-0.25, -0.2) is 4.98 Å². The Bertz CT molecular complexity index is 583.